The van der Waals surface area contributed by atoms with Crippen molar-refractivity contribution in [1.82, 2.24) is 5.32 Å². The molecular formula is C16H25NO3. The molecule has 0 aliphatic heterocycles. The minimum atomic E-state index is -0.458. The zero-order chi connectivity index (χ0) is 15.3. The van der Waals surface area contributed by atoms with Crippen LogP contribution in [0.1, 0.15) is 30.5 Å². The summed E-state index contributed by atoms with van der Waals surface area (Å²) in [6.07, 6.45) is 0. The Kier molecular flexibility index (Phi) is 6.02. The Labute approximate surface area is 121 Å². The molecule has 0 fully saturated rings. The molecule has 0 aliphatic rings. The topological polar surface area (TPSA) is 47.6 Å². The second-order valence-electron chi connectivity index (χ2n) is 5.44. The van der Waals surface area contributed by atoms with Gasteiger partial charge < -0.3 is 9.47 Å². The quantitative estimate of drug-likeness (QED) is 0.813. The number of ether oxygens (including phenoxy) is 2. The van der Waals surface area contributed by atoms with Crippen molar-refractivity contribution in [3.8, 4) is 5.75 Å². The number of carbonyl (C=O) groups is 1. The fourth-order valence-electron chi connectivity index (χ4n) is 2.29. The maximum Gasteiger partial charge on any atom is 0.326 e. The van der Waals surface area contributed by atoms with Gasteiger partial charge in [-0.25, -0.2) is 0 Å². The lowest BCUT2D eigenvalue weighted by atomic mass is 10.1. The summed E-state index contributed by atoms with van der Waals surface area (Å²) in [5.74, 6) is 0.538. The van der Waals surface area contributed by atoms with Crippen molar-refractivity contribution in [2.75, 3.05) is 13.7 Å². The Bertz CT molecular complexity index is 446. The molecule has 0 saturated heterocycles. The van der Waals surface area contributed by atoms with E-state index in [1.807, 2.05) is 27.7 Å². The van der Waals surface area contributed by atoms with Gasteiger partial charge in [0.1, 0.15) is 18.4 Å². The normalized spacial score (nSPS) is 12.3. The summed E-state index contributed by atoms with van der Waals surface area (Å²) in [5.41, 5.74) is 3.36. The molecule has 1 rings (SSSR count). The zero-order valence-electron chi connectivity index (χ0n) is 13.2. The molecular weight excluding hydrogens is 254 g/mol. The Morgan fingerprint density at radius 1 is 1.20 bits per heavy atom. The van der Waals surface area contributed by atoms with E-state index in [-0.39, 0.29) is 18.6 Å². The predicted octanol–water partition coefficient (Wildman–Crippen LogP) is 2.53. The van der Waals surface area contributed by atoms with Crippen LogP contribution >= 0.6 is 0 Å². The van der Waals surface area contributed by atoms with Gasteiger partial charge in [-0.2, -0.15) is 0 Å². The summed E-state index contributed by atoms with van der Waals surface area (Å²) in [6.45, 7) is 10.3. The summed E-state index contributed by atoms with van der Waals surface area (Å²) < 4.78 is 10.6. The summed E-state index contributed by atoms with van der Waals surface area (Å²) in [5, 5.41) is 3.15. The van der Waals surface area contributed by atoms with Crippen molar-refractivity contribution in [2.45, 2.75) is 46.7 Å². The summed E-state index contributed by atoms with van der Waals surface area (Å²) >= 11 is 0. The SMILES string of the molecule is COC(=O)C(COc1c(C)cc(C)cc1C)NC(C)C. The summed E-state index contributed by atoms with van der Waals surface area (Å²) in [7, 11) is 1.39. The fraction of sp³-hybridized carbons (Fsp3) is 0.562. The highest BCUT2D eigenvalue weighted by atomic mass is 16.5. The van der Waals surface area contributed by atoms with E-state index in [1.165, 1.54) is 12.7 Å². The molecule has 0 spiro atoms. The monoisotopic (exact) mass is 279 g/mol. The molecule has 1 N–H and O–H groups in total. The molecule has 1 aromatic rings. The summed E-state index contributed by atoms with van der Waals surface area (Å²) in [4.78, 5) is 11.7. The number of benzene rings is 1. The molecule has 0 bridgehead atoms. The van der Waals surface area contributed by atoms with Crippen molar-refractivity contribution in [3.63, 3.8) is 0 Å². The Morgan fingerprint density at radius 2 is 1.75 bits per heavy atom. The predicted molar refractivity (Wildman–Crippen MR) is 80.2 cm³/mol. The van der Waals surface area contributed by atoms with E-state index in [1.54, 1.807) is 0 Å². The maximum atomic E-state index is 11.7. The number of esters is 1. The van der Waals surface area contributed by atoms with Crippen LogP contribution in [0, 0.1) is 20.8 Å². The average molecular weight is 279 g/mol. The smallest absolute Gasteiger partial charge is 0.326 e. The third-order valence-corrected chi connectivity index (χ3v) is 3.02. The maximum absolute atomic E-state index is 11.7. The Morgan fingerprint density at radius 3 is 2.20 bits per heavy atom. The van der Waals surface area contributed by atoms with Crippen molar-refractivity contribution in [2.24, 2.45) is 0 Å². The molecule has 1 atom stereocenters. The van der Waals surface area contributed by atoms with E-state index >= 15 is 0 Å². The number of rotatable bonds is 6. The second-order valence-corrected chi connectivity index (χ2v) is 5.44. The van der Waals surface area contributed by atoms with Gasteiger partial charge in [0, 0.05) is 6.04 Å². The third-order valence-electron chi connectivity index (χ3n) is 3.02. The molecule has 0 amide bonds. The molecule has 112 valence electrons. The number of hydrogen-bond acceptors (Lipinski definition) is 4. The van der Waals surface area contributed by atoms with Crippen LogP contribution in [0.4, 0.5) is 0 Å². The minimum absolute atomic E-state index is 0.183. The first-order valence-corrected chi connectivity index (χ1v) is 6.89. The lowest BCUT2D eigenvalue weighted by molar-refractivity contribution is -0.144. The van der Waals surface area contributed by atoms with Gasteiger partial charge in [-0.05, 0) is 31.9 Å². The van der Waals surface area contributed by atoms with Crippen molar-refractivity contribution >= 4 is 5.97 Å². The first kappa shape index (κ1) is 16.5. The molecule has 4 nitrogen and oxygen atoms in total. The molecule has 0 aliphatic carbocycles. The average Bonchev–Trinajstić information content (AvgIpc) is 2.34. The van der Waals surface area contributed by atoms with Crippen molar-refractivity contribution in [1.29, 1.82) is 0 Å². The number of nitrogens with one attached hydrogen (secondary N) is 1. The largest absolute Gasteiger partial charge is 0.491 e. The number of methoxy groups -OCH3 is 1. The lowest BCUT2D eigenvalue weighted by Crippen LogP contribution is -2.45. The van der Waals surface area contributed by atoms with Gasteiger partial charge in [0.25, 0.3) is 0 Å². The van der Waals surface area contributed by atoms with E-state index in [2.05, 4.69) is 24.4 Å². The van der Waals surface area contributed by atoms with Crippen LogP contribution in [0.25, 0.3) is 0 Å². The highest BCUT2D eigenvalue weighted by molar-refractivity contribution is 5.75. The first-order chi connectivity index (χ1) is 9.35. The van der Waals surface area contributed by atoms with Gasteiger partial charge in [0.2, 0.25) is 0 Å². The molecule has 1 unspecified atom stereocenters. The van der Waals surface area contributed by atoms with Crippen LogP contribution < -0.4 is 10.1 Å². The van der Waals surface area contributed by atoms with Crippen LogP contribution in [-0.2, 0) is 9.53 Å². The van der Waals surface area contributed by atoms with Gasteiger partial charge in [-0.3, -0.25) is 10.1 Å². The zero-order valence-corrected chi connectivity index (χ0v) is 13.2. The molecule has 1 aromatic carbocycles. The Hall–Kier alpha value is -1.55. The van der Waals surface area contributed by atoms with Gasteiger partial charge in [0.05, 0.1) is 7.11 Å². The van der Waals surface area contributed by atoms with Crippen molar-refractivity contribution < 1.29 is 14.3 Å². The van der Waals surface area contributed by atoms with Gasteiger partial charge in [-0.15, -0.1) is 0 Å². The lowest BCUT2D eigenvalue weighted by Gasteiger charge is -2.21. The molecule has 0 heterocycles. The van der Waals surface area contributed by atoms with Crippen LogP contribution in [0.2, 0.25) is 0 Å². The van der Waals surface area contributed by atoms with Crippen LogP contribution in [0.5, 0.6) is 5.75 Å². The highest BCUT2D eigenvalue weighted by Crippen LogP contribution is 2.24. The second kappa shape index (κ2) is 7.29. The minimum Gasteiger partial charge on any atom is -0.491 e. The molecule has 4 heteroatoms. The highest BCUT2D eigenvalue weighted by Gasteiger charge is 2.21. The van der Waals surface area contributed by atoms with Crippen LogP contribution in [-0.4, -0.2) is 31.8 Å². The third kappa shape index (κ3) is 4.53. The van der Waals surface area contributed by atoms with Gasteiger partial charge in [-0.1, -0.05) is 31.5 Å². The number of hydrogen-bond donors (Lipinski definition) is 1. The standard InChI is InChI=1S/C16H25NO3/c1-10(2)17-14(16(18)19-6)9-20-15-12(4)7-11(3)8-13(15)5/h7-8,10,14,17H,9H2,1-6H3. The van der Waals surface area contributed by atoms with E-state index in [0.717, 1.165) is 16.9 Å². The van der Waals surface area contributed by atoms with E-state index in [9.17, 15) is 4.79 Å². The number of carbonyl (C=O) groups excluding carboxylic acids is 1. The molecule has 20 heavy (non-hydrogen) atoms. The van der Waals surface area contributed by atoms with Crippen molar-refractivity contribution in [3.05, 3.63) is 28.8 Å². The van der Waals surface area contributed by atoms with E-state index in [0.29, 0.717) is 0 Å². The molecule has 0 saturated carbocycles. The van der Waals surface area contributed by atoms with Gasteiger partial charge >= 0.3 is 5.97 Å². The van der Waals surface area contributed by atoms with Crippen LogP contribution in [0.3, 0.4) is 0 Å². The molecule has 0 radical (unpaired) electrons. The first-order valence-electron chi connectivity index (χ1n) is 6.89. The molecule has 0 aromatic heterocycles. The number of aryl methyl sites for hydroxylation is 3. The summed E-state index contributed by atoms with van der Waals surface area (Å²) in [6, 6.07) is 3.87. The van der Waals surface area contributed by atoms with Gasteiger partial charge in [0.15, 0.2) is 0 Å². The van der Waals surface area contributed by atoms with E-state index < -0.39 is 6.04 Å². The van der Waals surface area contributed by atoms with E-state index in [4.69, 9.17) is 9.47 Å². The van der Waals surface area contributed by atoms with Crippen LogP contribution in [0.15, 0.2) is 12.1 Å². The fourth-order valence-corrected chi connectivity index (χ4v) is 2.29. The Balaban J connectivity index is 2.79.